The van der Waals surface area contributed by atoms with Crippen LogP contribution in [-0.2, 0) is 0 Å². The second-order valence-corrected chi connectivity index (χ2v) is 5.94. The van der Waals surface area contributed by atoms with Crippen molar-refractivity contribution in [2.24, 2.45) is 0 Å². The standard InChI is InChI=1S/C20H13N5O/c26-15-8-9-22-20-19(15)23-18(17(24-20)13-4-2-1-3-5-13)14-6-7-16-21-10-11-25(16)12-14/h1-12H,(H,22,24,26). The molecule has 0 saturated heterocycles. The van der Waals surface area contributed by atoms with Crippen molar-refractivity contribution < 1.29 is 0 Å². The SMILES string of the molecule is O=c1cc[nH]c2nc(-c3ccccc3)c(-c3ccc4nccn4c3)nc12. The molecule has 5 rings (SSSR count). The summed E-state index contributed by atoms with van der Waals surface area (Å²) in [5.74, 6) is 0. The number of hydrogen-bond acceptors (Lipinski definition) is 4. The Labute approximate surface area is 147 Å². The maximum absolute atomic E-state index is 12.2. The van der Waals surface area contributed by atoms with Crippen LogP contribution in [0.15, 0.2) is 78.1 Å². The Morgan fingerprint density at radius 2 is 1.73 bits per heavy atom. The fourth-order valence-corrected chi connectivity index (χ4v) is 3.04. The lowest BCUT2D eigenvalue weighted by molar-refractivity contribution is 1.17. The van der Waals surface area contributed by atoms with Gasteiger partial charge in [-0.3, -0.25) is 4.79 Å². The van der Waals surface area contributed by atoms with Crippen LogP contribution >= 0.6 is 0 Å². The summed E-state index contributed by atoms with van der Waals surface area (Å²) in [6.45, 7) is 0. The van der Waals surface area contributed by atoms with E-state index in [1.54, 1.807) is 12.4 Å². The van der Waals surface area contributed by atoms with Crippen LogP contribution in [0.3, 0.4) is 0 Å². The first-order valence-electron chi connectivity index (χ1n) is 8.17. The molecule has 0 spiro atoms. The minimum absolute atomic E-state index is 0.157. The number of rotatable bonds is 2. The van der Waals surface area contributed by atoms with Gasteiger partial charge in [-0.25, -0.2) is 15.0 Å². The van der Waals surface area contributed by atoms with Gasteiger partial charge in [0.25, 0.3) is 0 Å². The number of nitrogens with zero attached hydrogens (tertiary/aromatic N) is 4. The summed E-state index contributed by atoms with van der Waals surface area (Å²) in [7, 11) is 0. The molecule has 6 heteroatoms. The number of hydrogen-bond donors (Lipinski definition) is 1. The minimum atomic E-state index is -0.157. The van der Waals surface area contributed by atoms with E-state index < -0.39 is 0 Å². The predicted octanol–water partition coefficient (Wildman–Crippen LogP) is 3.30. The van der Waals surface area contributed by atoms with Gasteiger partial charge in [-0.05, 0) is 12.1 Å². The van der Waals surface area contributed by atoms with Crippen molar-refractivity contribution in [2.45, 2.75) is 0 Å². The van der Waals surface area contributed by atoms with Gasteiger partial charge in [0.2, 0.25) is 5.43 Å². The first kappa shape index (κ1) is 14.5. The highest BCUT2D eigenvalue weighted by Gasteiger charge is 2.15. The second-order valence-electron chi connectivity index (χ2n) is 5.94. The largest absolute Gasteiger partial charge is 0.345 e. The van der Waals surface area contributed by atoms with Crippen LogP contribution in [0, 0.1) is 0 Å². The van der Waals surface area contributed by atoms with Gasteiger partial charge in [0.05, 0.1) is 11.4 Å². The average molecular weight is 339 g/mol. The molecule has 0 aliphatic rings. The first-order chi connectivity index (χ1) is 12.8. The molecule has 0 radical (unpaired) electrons. The van der Waals surface area contributed by atoms with Crippen molar-refractivity contribution in [3.05, 3.63) is 83.5 Å². The lowest BCUT2D eigenvalue weighted by Crippen LogP contribution is -2.06. The highest BCUT2D eigenvalue weighted by molar-refractivity contribution is 5.84. The summed E-state index contributed by atoms with van der Waals surface area (Å²) in [6.07, 6.45) is 7.16. The molecule has 0 atom stereocenters. The molecule has 0 bridgehead atoms. The molecule has 4 heterocycles. The van der Waals surface area contributed by atoms with E-state index in [-0.39, 0.29) is 5.43 Å². The summed E-state index contributed by atoms with van der Waals surface area (Å²) in [4.78, 5) is 28.9. The average Bonchev–Trinajstić information content (AvgIpc) is 3.16. The lowest BCUT2D eigenvalue weighted by atomic mass is 10.1. The van der Waals surface area contributed by atoms with Crippen molar-refractivity contribution in [2.75, 3.05) is 0 Å². The van der Waals surface area contributed by atoms with E-state index in [9.17, 15) is 4.79 Å². The molecule has 4 aromatic heterocycles. The zero-order chi connectivity index (χ0) is 17.5. The van der Waals surface area contributed by atoms with E-state index in [2.05, 4.69) is 15.0 Å². The third-order valence-electron chi connectivity index (χ3n) is 4.29. The van der Waals surface area contributed by atoms with Crippen LogP contribution in [0.1, 0.15) is 0 Å². The van der Waals surface area contributed by atoms with Gasteiger partial charge in [0.1, 0.15) is 5.65 Å². The predicted molar refractivity (Wildman–Crippen MR) is 99.8 cm³/mol. The molecule has 26 heavy (non-hydrogen) atoms. The molecule has 0 aliphatic carbocycles. The van der Waals surface area contributed by atoms with Gasteiger partial charge in [0, 0.05) is 42.0 Å². The number of aromatic amines is 1. The molecule has 5 aromatic rings. The summed E-state index contributed by atoms with van der Waals surface area (Å²) in [5, 5.41) is 0. The maximum Gasteiger partial charge on any atom is 0.209 e. The highest BCUT2D eigenvalue weighted by atomic mass is 16.1. The van der Waals surface area contributed by atoms with Gasteiger partial charge in [-0.2, -0.15) is 0 Å². The molecule has 0 unspecified atom stereocenters. The monoisotopic (exact) mass is 339 g/mol. The van der Waals surface area contributed by atoms with Crippen LogP contribution in [0.4, 0.5) is 0 Å². The number of imidazole rings is 1. The van der Waals surface area contributed by atoms with Crippen molar-refractivity contribution in [3.8, 4) is 22.5 Å². The Morgan fingerprint density at radius 1 is 0.885 bits per heavy atom. The highest BCUT2D eigenvalue weighted by Crippen LogP contribution is 2.30. The summed E-state index contributed by atoms with van der Waals surface area (Å²) < 4.78 is 1.92. The normalized spacial score (nSPS) is 11.2. The van der Waals surface area contributed by atoms with Crippen LogP contribution in [0.25, 0.3) is 39.3 Å². The van der Waals surface area contributed by atoms with Crippen molar-refractivity contribution >= 4 is 16.8 Å². The molecule has 0 aliphatic heterocycles. The third kappa shape index (κ3) is 2.28. The number of fused-ring (bicyclic) bond motifs is 2. The van der Waals surface area contributed by atoms with Crippen molar-refractivity contribution in [1.29, 1.82) is 0 Å². The third-order valence-corrected chi connectivity index (χ3v) is 4.29. The summed E-state index contributed by atoms with van der Waals surface area (Å²) >= 11 is 0. The van der Waals surface area contributed by atoms with Gasteiger partial charge < -0.3 is 9.38 Å². The fraction of sp³-hybridized carbons (Fsp3) is 0. The molecule has 0 saturated carbocycles. The molecule has 6 nitrogen and oxygen atoms in total. The molecule has 0 amide bonds. The van der Waals surface area contributed by atoms with Gasteiger partial charge in [0.15, 0.2) is 11.2 Å². The summed E-state index contributed by atoms with van der Waals surface area (Å²) in [5.41, 5.74) is 4.68. The number of aromatic nitrogens is 5. The Bertz CT molecular complexity index is 1300. The molecule has 124 valence electrons. The van der Waals surface area contributed by atoms with Gasteiger partial charge in [-0.1, -0.05) is 30.3 Å². The quantitative estimate of drug-likeness (QED) is 0.535. The van der Waals surface area contributed by atoms with E-state index in [0.717, 1.165) is 22.5 Å². The number of H-pyrrole nitrogens is 1. The summed E-state index contributed by atoms with van der Waals surface area (Å²) in [6, 6.07) is 15.2. The van der Waals surface area contributed by atoms with E-state index in [1.807, 2.05) is 59.3 Å². The van der Waals surface area contributed by atoms with Crippen LogP contribution in [0.5, 0.6) is 0 Å². The van der Waals surface area contributed by atoms with Crippen LogP contribution in [-0.4, -0.2) is 24.3 Å². The van der Waals surface area contributed by atoms with Gasteiger partial charge in [-0.15, -0.1) is 0 Å². The Hall–Kier alpha value is -3.80. The molecular formula is C20H13N5O. The van der Waals surface area contributed by atoms with Crippen molar-refractivity contribution in [1.82, 2.24) is 24.3 Å². The number of benzene rings is 1. The zero-order valence-corrected chi connectivity index (χ0v) is 13.6. The first-order valence-corrected chi connectivity index (χ1v) is 8.17. The second kappa shape index (κ2) is 5.63. The molecule has 1 N–H and O–H groups in total. The zero-order valence-electron chi connectivity index (χ0n) is 13.6. The molecule has 0 fully saturated rings. The Balaban J connectivity index is 1.86. The molecular weight excluding hydrogens is 326 g/mol. The van der Waals surface area contributed by atoms with E-state index in [1.165, 1.54) is 6.07 Å². The van der Waals surface area contributed by atoms with Crippen molar-refractivity contribution in [3.63, 3.8) is 0 Å². The number of pyridine rings is 2. The van der Waals surface area contributed by atoms with Crippen LogP contribution < -0.4 is 5.43 Å². The van der Waals surface area contributed by atoms with Crippen LogP contribution in [0.2, 0.25) is 0 Å². The maximum atomic E-state index is 12.2. The topological polar surface area (TPSA) is 75.9 Å². The van der Waals surface area contributed by atoms with E-state index >= 15 is 0 Å². The minimum Gasteiger partial charge on any atom is -0.345 e. The van der Waals surface area contributed by atoms with E-state index in [0.29, 0.717) is 16.9 Å². The van der Waals surface area contributed by atoms with E-state index in [4.69, 9.17) is 4.98 Å². The smallest absolute Gasteiger partial charge is 0.209 e. The Kier molecular flexibility index (Phi) is 3.15. The number of nitrogens with one attached hydrogen (secondary N) is 1. The lowest BCUT2D eigenvalue weighted by Gasteiger charge is -2.10. The Morgan fingerprint density at radius 3 is 2.62 bits per heavy atom. The fourth-order valence-electron chi connectivity index (χ4n) is 3.04. The van der Waals surface area contributed by atoms with Gasteiger partial charge >= 0.3 is 0 Å². The molecule has 1 aromatic carbocycles.